The zero-order valence-corrected chi connectivity index (χ0v) is 10.8. The van der Waals surface area contributed by atoms with Gasteiger partial charge in [-0.2, -0.15) is 0 Å². The highest BCUT2D eigenvalue weighted by molar-refractivity contribution is 5.70. The molecule has 1 unspecified atom stereocenters. The molecule has 1 aliphatic carbocycles. The van der Waals surface area contributed by atoms with Crippen molar-refractivity contribution in [2.24, 2.45) is 0 Å². The molecule has 1 saturated heterocycles. The number of carbonyl (C=O) groups excluding carboxylic acids is 1. The molecule has 1 spiro atoms. The second-order valence-corrected chi connectivity index (χ2v) is 6.05. The molecule has 0 bridgehead atoms. The van der Waals surface area contributed by atoms with E-state index in [0.717, 1.165) is 12.8 Å². The van der Waals surface area contributed by atoms with Crippen molar-refractivity contribution in [2.75, 3.05) is 19.8 Å². The number of piperazine rings is 1. The Hall–Kier alpha value is -0.840. The Morgan fingerprint density at radius 2 is 2.18 bits per heavy atom. The predicted octanol–water partition coefficient (Wildman–Crippen LogP) is 1.70. The highest BCUT2D eigenvalue weighted by atomic mass is 19.1. The van der Waals surface area contributed by atoms with Crippen LogP contribution in [-0.2, 0) is 4.74 Å². The molecule has 1 heterocycles. The lowest BCUT2D eigenvalue weighted by Gasteiger charge is -2.40. The largest absolute Gasteiger partial charge is 0.444 e. The summed E-state index contributed by atoms with van der Waals surface area (Å²) in [6, 6.07) is -0.256. The van der Waals surface area contributed by atoms with Crippen LogP contribution < -0.4 is 5.32 Å². The summed E-state index contributed by atoms with van der Waals surface area (Å²) in [6.45, 7) is 6.18. The van der Waals surface area contributed by atoms with Crippen LogP contribution in [0.3, 0.4) is 0 Å². The summed E-state index contributed by atoms with van der Waals surface area (Å²) < 4.78 is 18.1. The van der Waals surface area contributed by atoms with Gasteiger partial charge in [-0.05, 0) is 33.6 Å². The van der Waals surface area contributed by atoms with Crippen LogP contribution >= 0.6 is 0 Å². The molecule has 0 radical (unpaired) electrons. The van der Waals surface area contributed by atoms with E-state index in [1.54, 1.807) is 4.90 Å². The molecule has 1 saturated carbocycles. The van der Waals surface area contributed by atoms with Gasteiger partial charge in [-0.1, -0.05) is 0 Å². The highest BCUT2D eigenvalue weighted by Crippen LogP contribution is 2.43. The van der Waals surface area contributed by atoms with Crippen LogP contribution in [0.2, 0.25) is 0 Å². The molecule has 17 heavy (non-hydrogen) atoms. The quantitative estimate of drug-likeness (QED) is 0.763. The molecule has 0 aromatic heterocycles. The maximum absolute atomic E-state index is 12.7. The molecule has 5 heteroatoms. The summed E-state index contributed by atoms with van der Waals surface area (Å²) in [7, 11) is 0. The summed E-state index contributed by atoms with van der Waals surface area (Å²) in [5.41, 5.74) is -0.600. The lowest BCUT2D eigenvalue weighted by Crippen LogP contribution is -2.61. The average molecular weight is 244 g/mol. The van der Waals surface area contributed by atoms with Crippen LogP contribution in [0.4, 0.5) is 9.18 Å². The van der Waals surface area contributed by atoms with E-state index in [0.29, 0.717) is 13.1 Å². The summed E-state index contributed by atoms with van der Waals surface area (Å²) in [6.07, 6.45) is 1.66. The maximum Gasteiger partial charge on any atom is 0.410 e. The molecule has 1 atom stereocenters. The fourth-order valence-corrected chi connectivity index (χ4v) is 2.19. The van der Waals surface area contributed by atoms with Crippen LogP contribution in [0.5, 0.6) is 0 Å². The van der Waals surface area contributed by atoms with Crippen molar-refractivity contribution in [3.05, 3.63) is 0 Å². The number of hydrogen-bond donors (Lipinski definition) is 1. The summed E-state index contributed by atoms with van der Waals surface area (Å²) in [5, 5.41) is 3.14. The van der Waals surface area contributed by atoms with Gasteiger partial charge in [0.25, 0.3) is 0 Å². The van der Waals surface area contributed by atoms with Gasteiger partial charge in [-0.25, -0.2) is 9.18 Å². The first-order chi connectivity index (χ1) is 7.86. The van der Waals surface area contributed by atoms with Crippen molar-refractivity contribution in [1.29, 1.82) is 0 Å². The van der Waals surface area contributed by atoms with Crippen molar-refractivity contribution < 1.29 is 13.9 Å². The Morgan fingerprint density at radius 1 is 1.53 bits per heavy atom. The minimum absolute atomic E-state index is 0.103. The summed E-state index contributed by atoms with van der Waals surface area (Å²) in [4.78, 5) is 13.8. The monoisotopic (exact) mass is 244 g/mol. The molecule has 1 aliphatic heterocycles. The van der Waals surface area contributed by atoms with E-state index >= 15 is 0 Å². The molecule has 2 fully saturated rings. The van der Waals surface area contributed by atoms with E-state index < -0.39 is 12.3 Å². The normalized spacial score (nSPS) is 27.1. The number of amides is 1. The number of rotatable bonds is 1. The molecule has 0 aromatic carbocycles. The molecular weight excluding hydrogens is 223 g/mol. The van der Waals surface area contributed by atoms with Crippen LogP contribution in [0.25, 0.3) is 0 Å². The zero-order valence-electron chi connectivity index (χ0n) is 10.8. The van der Waals surface area contributed by atoms with E-state index in [2.05, 4.69) is 5.32 Å². The summed E-state index contributed by atoms with van der Waals surface area (Å²) in [5.74, 6) is 0. The van der Waals surface area contributed by atoms with Crippen LogP contribution in [0.15, 0.2) is 0 Å². The number of hydrogen-bond acceptors (Lipinski definition) is 3. The Balaban J connectivity index is 2.03. The molecule has 1 amide bonds. The smallest absolute Gasteiger partial charge is 0.410 e. The Morgan fingerprint density at radius 3 is 2.65 bits per heavy atom. The lowest BCUT2D eigenvalue weighted by molar-refractivity contribution is 0.00215. The Labute approximate surface area is 101 Å². The SMILES string of the molecule is CC(C)(C)OC(=O)N1CC(CF)NCC12CC2. The van der Waals surface area contributed by atoms with Crippen molar-refractivity contribution in [3.63, 3.8) is 0 Å². The average Bonchev–Trinajstić information content (AvgIpc) is 2.97. The van der Waals surface area contributed by atoms with Gasteiger partial charge in [0.15, 0.2) is 0 Å². The Kier molecular flexibility index (Phi) is 3.06. The van der Waals surface area contributed by atoms with Gasteiger partial charge in [0.1, 0.15) is 12.3 Å². The molecular formula is C12H21FN2O2. The fourth-order valence-electron chi connectivity index (χ4n) is 2.19. The van der Waals surface area contributed by atoms with Crippen LogP contribution in [-0.4, -0.2) is 47.9 Å². The molecule has 4 nitrogen and oxygen atoms in total. The van der Waals surface area contributed by atoms with E-state index in [9.17, 15) is 9.18 Å². The van der Waals surface area contributed by atoms with Crippen molar-refractivity contribution >= 4 is 6.09 Å². The van der Waals surface area contributed by atoms with Crippen LogP contribution in [0, 0.1) is 0 Å². The number of nitrogens with zero attached hydrogens (tertiary/aromatic N) is 1. The molecule has 1 N–H and O–H groups in total. The molecule has 2 aliphatic rings. The van der Waals surface area contributed by atoms with Crippen LogP contribution in [0.1, 0.15) is 33.6 Å². The number of halogens is 1. The summed E-state index contributed by atoms with van der Waals surface area (Å²) >= 11 is 0. The number of alkyl halides is 1. The highest BCUT2D eigenvalue weighted by Gasteiger charge is 2.53. The van der Waals surface area contributed by atoms with Crippen molar-refractivity contribution in [3.8, 4) is 0 Å². The number of nitrogens with one attached hydrogen (secondary N) is 1. The second kappa shape index (κ2) is 4.12. The van der Waals surface area contributed by atoms with Crippen molar-refractivity contribution in [1.82, 2.24) is 10.2 Å². The van der Waals surface area contributed by atoms with Gasteiger partial charge in [0.2, 0.25) is 0 Å². The number of carbonyl (C=O) groups is 1. The molecule has 2 rings (SSSR count). The number of ether oxygens (including phenoxy) is 1. The van der Waals surface area contributed by atoms with Gasteiger partial charge in [-0.3, -0.25) is 4.90 Å². The van der Waals surface area contributed by atoms with E-state index in [1.165, 1.54) is 0 Å². The minimum Gasteiger partial charge on any atom is -0.444 e. The lowest BCUT2D eigenvalue weighted by atomic mass is 10.1. The van der Waals surface area contributed by atoms with Gasteiger partial charge in [0, 0.05) is 13.1 Å². The second-order valence-electron chi connectivity index (χ2n) is 6.05. The molecule has 0 aromatic rings. The Bertz CT molecular complexity index is 310. The molecule has 98 valence electrons. The topological polar surface area (TPSA) is 41.6 Å². The van der Waals surface area contributed by atoms with Crippen molar-refractivity contribution in [2.45, 2.75) is 50.8 Å². The predicted molar refractivity (Wildman–Crippen MR) is 62.7 cm³/mol. The van der Waals surface area contributed by atoms with E-state index in [-0.39, 0.29) is 17.7 Å². The van der Waals surface area contributed by atoms with Gasteiger partial charge in [0.05, 0.1) is 11.6 Å². The minimum atomic E-state index is -0.497. The third kappa shape index (κ3) is 2.70. The van der Waals surface area contributed by atoms with E-state index in [1.807, 2.05) is 20.8 Å². The standard InChI is InChI=1S/C12H21FN2O2/c1-11(2,3)17-10(16)15-7-9(6-13)14-8-12(15)4-5-12/h9,14H,4-8H2,1-3H3. The third-order valence-electron chi connectivity index (χ3n) is 3.32. The van der Waals surface area contributed by atoms with Gasteiger partial charge in [-0.15, -0.1) is 0 Å². The van der Waals surface area contributed by atoms with Gasteiger partial charge < -0.3 is 10.1 Å². The first-order valence-electron chi connectivity index (χ1n) is 6.16. The first kappa shape index (κ1) is 12.6. The van der Waals surface area contributed by atoms with Gasteiger partial charge >= 0.3 is 6.09 Å². The fraction of sp³-hybridized carbons (Fsp3) is 0.917. The zero-order chi connectivity index (χ0) is 12.7. The van der Waals surface area contributed by atoms with E-state index in [4.69, 9.17) is 4.74 Å². The third-order valence-corrected chi connectivity index (χ3v) is 3.32. The first-order valence-corrected chi connectivity index (χ1v) is 6.16. The maximum atomic E-state index is 12.7.